The lowest BCUT2D eigenvalue weighted by Gasteiger charge is -2.72. The Morgan fingerprint density at radius 1 is 0.932 bits per heavy atom. The van der Waals surface area contributed by atoms with Gasteiger partial charge in [-0.2, -0.15) is 0 Å². The van der Waals surface area contributed by atoms with Crippen molar-refractivity contribution in [3.63, 3.8) is 0 Å². The number of carbonyl (C=O) groups excluding carboxylic acids is 2. The first-order valence-corrected chi connectivity index (χ1v) is 18.2. The second kappa shape index (κ2) is 10.8. The SMILES string of the molecule is C=C(C)[C@@H]1CC[C@]2(NC(=O)CBr)CC[C@]3(C)[C@H](CC[C@@H]4[C@@]5(C)CC=C(c6ccc(C(=O)OC)cc6)C(C)(C)[C@@H]5CC[C@]43C)[C@@H]12. The van der Waals surface area contributed by atoms with Gasteiger partial charge in [0, 0.05) is 5.54 Å². The molecule has 9 atom stereocenters. The van der Waals surface area contributed by atoms with Crippen LogP contribution in [0.3, 0.4) is 0 Å². The number of methoxy groups -OCH3 is 1. The van der Waals surface area contributed by atoms with Crippen molar-refractivity contribution < 1.29 is 14.3 Å². The molecule has 0 saturated heterocycles. The fraction of sp³-hybridized carbons (Fsp3) is 0.692. The summed E-state index contributed by atoms with van der Waals surface area (Å²) in [5, 5.41) is 3.98. The number of esters is 1. The van der Waals surface area contributed by atoms with Crippen molar-refractivity contribution in [3.05, 3.63) is 53.6 Å². The number of allylic oxidation sites excluding steroid dienone is 3. The monoisotopic (exact) mass is 663 g/mol. The summed E-state index contributed by atoms with van der Waals surface area (Å²) in [6.45, 7) is 19.7. The molecule has 5 heteroatoms. The van der Waals surface area contributed by atoms with Crippen LogP contribution in [0.1, 0.15) is 115 Å². The van der Waals surface area contributed by atoms with Gasteiger partial charge in [-0.15, -0.1) is 0 Å². The van der Waals surface area contributed by atoms with E-state index >= 15 is 0 Å². The van der Waals surface area contributed by atoms with Crippen molar-refractivity contribution in [2.75, 3.05) is 12.4 Å². The summed E-state index contributed by atoms with van der Waals surface area (Å²) < 4.78 is 4.94. The summed E-state index contributed by atoms with van der Waals surface area (Å²) in [6.07, 6.45) is 13.2. The molecule has 4 fully saturated rings. The first-order chi connectivity index (χ1) is 20.7. The highest BCUT2D eigenvalue weighted by molar-refractivity contribution is 9.09. The Balaban J connectivity index is 1.34. The van der Waals surface area contributed by atoms with Crippen molar-refractivity contribution in [2.24, 2.45) is 51.2 Å². The molecule has 4 nitrogen and oxygen atoms in total. The Morgan fingerprint density at radius 3 is 2.27 bits per heavy atom. The Morgan fingerprint density at radius 2 is 1.64 bits per heavy atom. The van der Waals surface area contributed by atoms with Crippen LogP contribution in [0.4, 0.5) is 0 Å². The Hall–Kier alpha value is -1.88. The molecule has 240 valence electrons. The van der Waals surface area contributed by atoms with Crippen LogP contribution in [-0.2, 0) is 9.53 Å². The molecule has 0 aliphatic heterocycles. The minimum Gasteiger partial charge on any atom is -0.465 e. The second-order valence-electron chi connectivity index (χ2n) is 16.6. The molecule has 0 radical (unpaired) electrons. The lowest BCUT2D eigenvalue weighted by Crippen LogP contribution is -2.68. The van der Waals surface area contributed by atoms with E-state index in [2.05, 4.69) is 87.6 Å². The lowest BCUT2D eigenvalue weighted by molar-refractivity contribution is -0.219. The molecular formula is C39H54BrNO3. The number of hydrogen-bond donors (Lipinski definition) is 1. The molecule has 0 heterocycles. The molecule has 0 unspecified atom stereocenters. The molecule has 5 aliphatic carbocycles. The number of hydrogen-bond acceptors (Lipinski definition) is 3. The number of alkyl halides is 1. The molecule has 0 bridgehead atoms. The van der Waals surface area contributed by atoms with E-state index in [1.807, 2.05) is 12.1 Å². The second-order valence-corrected chi connectivity index (χ2v) is 17.2. The van der Waals surface area contributed by atoms with Gasteiger partial charge in [0.25, 0.3) is 0 Å². The number of amides is 1. The largest absolute Gasteiger partial charge is 0.465 e. The van der Waals surface area contributed by atoms with Crippen molar-refractivity contribution in [1.29, 1.82) is 0 Å². The summed E-state index contributed by atoms with van der Waals surface area (Å²) >= 11 is 3.44. The van der Waals surface area contributed by atoms with E-state index in [4.69, 9.17) is 4.74 Å². The lowest BCUT2D eigenvalue weighted by atomic mass is 9.33. The van der Waals surface area contributed by atoms with Gasteiger partial charge in [-0.05, 0) is 139 Å². The maximum Gasteiger partial charge on any atom is 0.337 e. The van der Waals surface area contributed by atoms with E-state index in [0.717, 1.165) is 25.7 Å². The van der Waals surface area contributed by atoms with Gasteiger partial charge in [0.15, 0.2) is 0 Å². The van der Waals surface area contributed by atoms with Gasteiger partial charge in [0.05, 0.1) is 18.0 Å². The Labute approximate surface area is 274 Å². The molecule has 1 amide bonds. The molecule has 0 spiro atoms. The molecular weight excluding hydrogens is 610 g/mol. The van der Waals surface area contributed by atoms with E-state index in [-0.39, 0.29) is 39.1 Å². The smallest absolute Gasteiger partial charge is 0.337 e. The Bertz CT molecular complexity index is 1380. The molecule has 5 aliphatic rings. The van der Waals surface area contributed by atoms with Gasteiger partial charge in [-0.3, -0.25) is 4.79 Å². The predicted octanol–water partition coefficient (Wildman–Crippen LogP) is 9.39. The van der Waals surface area contributed by atoms with Crippen molar-refractivity contribution in [2.45, 2.75) is 105 Å². The number of fused-ring (bicyclic) bond motifs is 7. The highest BCUT2D eigenvalue weighted by Gasteiger charge is 2.70. The van der Waals surface area contributed by atoms with E-state index < -0.39 is 0 Å². The zero-order valence-corrected chi connectivity index (χ0v) is 29.7. The minimum absolute atomic E-state index is 0.0387. The maximum absolute atomic E-state index is 12.9. The molecule has 1 N–H and O–H groups in total. The molecule has 1 aromatic carbocycles. The fourth-order valence-corrected chi connectivity index (χ4v) is 12.8. The third kappa shape index (κ3) is 4.40. The number of nitrogens with one attached hydrogen (secondary N) is 1. The zero-order valence-electron chi connectivity index (χ0n) is 28.2. The van der Waals surface area contributed by atoms with E-state index in [9.17, 15) is 9.59 Å². The maximum atomic E-state index is 12.9. The van der Waals surface area contributed by atoms with E-state index in [1.165, 1.54) is 55.9 Å². The standard InChI is InChI=1S/C39H54BrNO3/c1-24(2)27-15-20-39(41-32(42)23-40)22-21-37(6)29(33(27)39)13-14-31-36(5)18-16-28(25-9-11-26(12-10-25)34(43)44-8)35(3,4)30(36)17-19-38(31,37)7/h9-12,16,27,29-31,33H,1,13-15,17-23H2,2-8H3,(H,41,42)/t27-,29+,30-,31+,33+,36-,37+,38+,39-/m0/s1. The van der Waals surface area contributed by atoms with Crippen LogP contribution in [0.25, 0.3) is 5.57 Å². The number of halogens is 1. The van der Waals surface area contributed by atoms with Gasteiger partial charge < -0.3 is 10.1 Å². The van der Waals surface area contributed by atoms with Crippen LogP contribution in [0.2, 0.25) is 0 Å². The summed E-state index contributed by atoms with van der Waals surface area (Å²) in [7, 11) is 1.44. The van der Waals surface area contributed by atoms with Gasteiger partial charge in [-0.1, -0.05) is 80.9 Å². The van der Waals surface area contributed by atoms with Crippen molar-refractivity contribution in [1.82, 2.24) is 5.32 Å². The van der Waals surface area contributed by atoms with Crippen LogP contribution in [-0.4, -0.2) is 29.9 Å². The fourth-order valence-electron chi connectivity index (χ4n) is 12.7. The van der Waals surface area contributed by atoms with Gasteiger partial charge in [0.1, 0.15) is 0 Å². The van der Waals surface area contributed by atoms with E-state index in [0.29, 0.717) is 40.5 Å². The third-order valence-corrected chi connectivity index (χ3v) is 15.3. The third-order valence-electron chi connectivity index (χ3n) is 14.8. The first-order valence-electron chi connectivity index (χ1n) is 17.1. The first kappa shape index (κ1) is 32.1. The number of carbonyl (C=O) groups is 2. The molecule has 1 aromatic rings. The Kier molecular flexibility index (Phi) is 7.91. The van der Waals surface area contributed by atoms with E-state index in [1.54, 1.807) is 0 Å². The highest BCUT2D eigenvalue weighted by Crippen LogP contribution is 2.76. The van der Waals surface area contributed by atoms with Crippen LogP contribution < -0.4 is 5.32 Å². The van der Waals surface area contributed by atoms with Crippen molar-refractivity contribution in [3.8, 4) is 0 Å². The average Bonchev–Trinajstić information content (AvgIpc) is 3.36. The number of rotatable bonds is 5. The summed E-state index contributed by atoms with van der Waals surface area (Å²) in [5.41, 5.74) is 5.27. The minimum atomic E-state index is -0.283. The number of benzene rings is 1. The molecule has 0 aromatic heterocycles. The molecule has 44 heavy (non-hydrogen) atoms. The highest BCUT2D eigenvalue weighted by atomic mass is 79.9. The van der Waals surface area contributed by atoms with Gasteiger partial charge >= 0.3 is 5.97 Å². The predicted molar refractivity (Wildman–Crippen MR) is 182 cm³/mol. The molecule has 6 rings (SSSR count). The summed E-state index contributed by atoms with van der Waals surface area (Å²) in [5.74, 6) is 2.70. The van der Waals surface area contributed by atoms with Gasteiger partial charge in [-0.25, -0.2) is 4.79 Å². The number of ether oxygens (including phenoxy) is 1. The zero-order chi connectivity index (χ0) is 31.9. The summed E-state index contributed by atoms with van der Waals surface area (Å²) in [6, 6.07) is 8.06. The quantitative estimate of drug-likeness (QED) is 0.194. The average molecular weight is 665 g/mol. The molecule has 4 saturated carbocycles. The van der Waals surface area contributed by atoms with Crippen molar-refractivity contribution >= 4 is 33.4 Å². The topological polar surface area (TPSA) is 55.4 Å². The van der Waals surface area contributed by atoms with Crippen LogP contribution >= 0.6 is 15.9 Å². The normalized spacial score (nSPS) is 42.1. The van der Waals surface area contributed by atoms with Gasteiger partial charge in [0.2, 0.25) is 5.91 Å². The van der Waals surface area contributed by atoms with Crippen LogP contribution in [0.15, 0.2) is 42.5 Å². The van der Waals surface area contributed by atoms with Crippen LogP contribution in [0, 0.1) is 51.2 Å². The summed E-state index contributed by atoms with van der Waals surface area (Å²) in [4.78, 5) is 24.9. The van der Waals surface area contributed by atoms with Crippen LogP contribution in [0.5, 0.6) is 0 Å².